The van der Waals surface area contributed by atoms with Crippen molar-refractivity contribution in [1.29, 1.82) is 0 Å². The molecule has 0 saturated carbocycles. The Balaban J connectivity index is 2.67. The monoisotopic (exact) mass is 277 g/mol. The largest absolute Gasteiger partial charge is 0.490 e. The Kier molecular flexibility index (Phi) is 5.85. The van der Waals surface area contributed by atoms with Crippen molar-refractivity contribution in [1.82, 2.24) is 0 Å². The van der Waals surface area contributed by atoms with Crippen LogP contribution in [0.3, 0.4) is 0 Å². The summed E-state index contributed by atoms with van der Waals surface area (Å²) in [4.78, 5) is 10.9. The Bertz CT molecular complexity index is 427. The molecule has 1 amide bonds. The maximum atomic E-state index is 13.7. The predicted molar refractivity (Wildman–Crippen MR) is 64.9 cm³/mol. The Morgan fingerprint density at radius 1 is 1.28 bits per heavy atom. The minimum atomic E-state index is -1.16. The maximum absolute atomic E-state index is 13.7. The van der Waals surface area contributed by atoms with E-state index >= 15 is 0 Å². The van der Waals surface area contributed by atoms with Crippen molar-refractivity contribution in [2.45, 2.75) is 19.3 Å². The van der Waals surface area contributed by atoms with Gasteiger partial charge < -0.3 is 10.5 Å². The van der Waals surface area contributed by atoms with Crippen LogP contribution in [0.5, 0.6) is 5.75 Å². The van der Waals surface area contributed by atoms with Crippen LogP contribution in [0.2, 0.25) is 0 Å². The van der Waals surface area contributed by atoms with Crippen molar-refractivity contribution in [3.05, 3.63) is 29.3 Å². The molecule has 18 heavy (non-hydrogen) atoms. The fourth-order valence-corrected chi connectivity index (χ4v) is 1.62. The van der Waals surface area contributed by atoms with E-state index in [1.807, 2.05) is 0 Å². The molecule has 0 fully saturated rings. The number of amides is 1. The molecule has 1 rings (SSSR count). The van der Waals surface area contributed by atoms with Gasteiger partial charge in [-0.15, -0.1) is 11.6 Å². The number of hydrogen-bond acceptors (Lipinski definition) is 2. The highest BCUT2D eigenvalue weighted by Crippen LogP contribution is 2.23. The van der Waals surface area contributed by atoms with Crippen molar-refractivity contribution >= 4 is 17.5 Å². The fraction of sp³-hybridized carbons (Fsp3) is 0.417. The molecule has 3 nitrogen and oxygen atoms in total. The quantitative estimate of drug-likeness (QED) is 0.615. The highest BCUT2D eigenvalue weighted by molar-refractivity contribution is 6.17. The van der Waals surface area contributed by atoms with Crippen molar-refractivity contribution in [2.24, 2.45) is 5.73 Å². The minimum absolute atomic E-state index is 0.170. The van der Waals surface area contributed by atoms with E-state index in [9.17, 15) is 13.6 Å². The van der Waals surface area contributed by atoms with E-state index in [1.165, 1.54) is 0 Å². The molecule has 0 aliphatic heterocycles. The summed E-state index contributed by atoms with van der Waals surface area (Å²) in [5, 5.41) is 0. The van der Waals surface area contributed by atoms with Crippen LogP contribution >= 0.6 is 11.6 Å². The van der Waals surface area contributed by atoms with Gasteiger partial charge in [0, 0.05) is 5.88 Å². The SMILES string of the molecule is NC(=O)c1c(F)ccc(OCCCCCCl)c1F. The first-order valence-electron chi connectivity index (χ1n) is 5.54. The van der Waals surface area contributed by atoms with E-state index < -0.39 is 23.1 Å². The topological polar surface area (TPSA) is 52.3 Å². The van der Waals surface area contributed by atoms with Crippen LogP contribution in [0.1, 0.15) is 29.6 Å². The minimum Gasteiger partial charge on any atom is -0.490 e. The Hall–Kier alpha value is -1.36. The first-order chi connectivity index (χ1) is 8.57. The molecule has 6 heteroatoms. The lowest BCUT2D eigenvalue weighted by atomic mass is 10.1. The van der Waals surface area contributed by atoms with Crippen LogP contribution < -0.4 is 10.5 Å². The third-order valence-corrected chi connectivity index (χ3v) is 2.60. The molecule has 2 N–H and O–H groups in total. The summed E-state index contributed by atoms with van der Waals surface area (Å²) in [5.74, 6) is -2.81. The maximum Gasteiger partial charge on any atom is 0.254 e. The number of carbonyl (C=O) groups is 1. The lowest BCUT2D eigenvalue weighted by Crippen LogP contribution is -2.16. The summed E-state index contributed by atoms with van der Waals surface area (Å²) in [7, 11) is 0. The fourth-order valence-electron chi connectivity index (χ4n) is 1.43. The summed E-state index contributed by atoms with van der Waals surface area (Å²) < 4.78 is 32.0. The lowest BCUT2D eigenvalue weighted by molar-refractivity contribution is 0.0991. The number of halogens is 3. The smallest absolute Gasteiger partial charge is 0.254 e. The van der Waals surface area contributed by atoms with Gasteiger partial charge in [0.25, 0.3) is 5.91 Å². The van der Waals surface area contributed by atoms with Crippen LogP contribution in [-0.2, 0) is 0 Å². The summed E-state index contributed by atoms with van der Waals surface area (Å²) in [6, 6.07) is 2.09. The molecule has 0 unspecified atom stereocenters. The zero-order valence-corrected chi connectivity index (χ0v) is 10.5. The summed E-state index contributed by atoms with van der Waals surface area (Å²) in [5.41, 5.74) is 4.12. The molecule has 0 spiro atoms. The number of hydrogen-bond donors (Lipinski definition) is 1. The number of unbranched alkanes of at least 4 members (excludes halogenated alkanes) is 2. The number of carbonyl (C=O) groups excluding carboxylic acids is 1. The Labute approximate surface area is 109 Å². The van der Waals surface area contributed by atoms with Gasteiger partial charge in [0.1, 0.15) is 11.4 Å². The number of benzene rings is 1. The molecular weight excluding hydrogens is 264 g/mol. The average Bonchev–Trinajstić information content (AvgIpc) is 2.31. The van der Waals surface area contributed by atoms with Crippen LogP contribution in [0.15, 0.2) is 12.1 Å². The standard InChI is InChI=1S/C12H14ClF2NO2/c13-6-2-1-3-7-18-9-5-4-8(14)10(11(9)15)12(16)17/h4-5H,1-3,6-7H2,(H2,16,17). The van der Waals surface area contributed by atoms with E-state index in [0.29, 0.717) is 12.3 Å². The van der Waals surface area contributed by atoms with E-state index in [-0.39, 0.29) is 12.4 Å². The second kappa shape index (κ2) is 7.16. The first-order valence-corrected chi connectivity index (χ1v) is 6.08. The van der Waals surface area contributed by atoms with Gasteiger partial charge in [-0.2, -0.15) is 0 Å². The molecule has 0 heterocycles. The summed E-state index contributed by atoms with van der Waals surface area (Å²) >= 11 is 5.50. The summed E-state index contributed by atoms with van der Waals surface area (Å²) in [6.45, 7) is 0.275. The number of nitrogens with two attached hydrogens (primary N) is 1. The van der Waals surface area contributed by atoms with Gasteiger partial charge in [0.15, 0.2) is 11.6 Å². The molecule has 100 valence electrons. The van der Waals surface area contributed by atoms with Gasteiger partial charge in [0.2, 0.25) is 0 Å². The number of rotatable bonds is 7. The van der Waals surface area contributed by atoms with Gasteiger partial charge in [-0.05, 0) is 31.4 Å². The van der Waals surface area contributed by atoms with Gasteiger partial charge in [-0.25, -0.2) is 8.78 Å². The number of primary amides is 1. The molecule has 0 saturated heterocycles. The van der Waals surface area contributed by atoms with Gasteiger partial charge in [-0.1, -0.05) is 0 Å². The molecule has 0 radical (unpaired) electrons. The van der Waals surface area contributed by atoms with E-state index in [0.717, 1.165) is 25.0 Å². The van der Waals surface area contributed by atoms with Crippen molar-refractivity contribution < 1.29 is 18.3 Å². The predicted octanol–water partition coefficient (Wildman–Crippen LogP) is 2.85. The third-order valence-electron chi connectivity index (χ3n) is 2.34. The molecule has 1 aromatic rings. The molecule has 0 bridgehead atoms. The van der Waals surface area contributed by atoms with Gasteiger partial charge >= 0.3 is 0 Å². The van der Waals surface area contributed by atoms with E-state index in [1.54, 1.807) is 0 Å². The van der Waals surface area contributed by atoms with Gasteiger partial charge in [-0.3, -0.25) is 4.79 Å². The second-order valence-electron chi connectivity index (χ2n) is 3.70. The normalized spacial score (nSPS) is 10.4. The second-order valence-corrected chi connectivity index (χ2v) is 4.07. The van der Waals surface area contributed by atoms with E-state index in [4.69, 9.17) is 22.1 Å². The molecule has 0 aliphatic carbocycles. The van der Waals surface area contributed by atoms with Gasteiger partial charge in [0.05, 0.1) is 6.61 Å². The lowest BCUT2D eigenvalue weighted by Gasteiger charge is -2.09. The van der Waals surface area contributed by atoms with Crippen LogP contribution in [0, 0.1) is 11.6 Å². The Morgan fingerprint density at radius 2 is 2.00 bits per heavy atom. The number of alkyl halides is 1. The van der Waals surface area contributed by atoms with Crippen LogP contribution in [0.4, 0.5) is 8.78 Å². The summed E-state index contributed by atoms with van der Waals surface area (Å²) in [6.07, 6.45) is 2.41. The third kappa shape index (κ3) is 3.84. The molecule has 1 aromatic carbocycles. The number of ether oxygens (including phenoxy) is 1. The average molecular weight is 278 g/mol. The van der Waals surface area contributed by atoms with Crippen molar-refractivity contribution in [2.75, 3.05) is 12.5 Å². The highest BCUT2D eigenvalue weighted by Gasteiger charge is 2.18. The molecule has 0 atom stereocenters. The van der Waals surface area contributed by atoms with Crippen molar-refractivity contribution in [3.8, 4) is 5.75 Å². The zero-order valence-electron chi connectivity index (χ0n) is 9.72. The van der Waals surface area contributed by atoms with Crippen LogP contribution in [0.25, 0.3) is 0 Å². The van der Waals surface area contributed by atoms with Crippen molar-refractivity contribution in [3.63, 3.8) is 0 Å². The molecule has 0 aromatic heterocycles. The van der Waals surface area contributed by atoms with E-state index in [2.05, 4.69) is 0 Å². The molecule has 0 aliphatic rings. The highest BCUT2D eigenvalue weighted by atomic mass is 35.5. The molecular formula is C12H14ClF2NO2. The van der Waals surface area contributed by atoms with Crippen LogP contribution in [-0.4, -0.2) is 18.4 Å². The first kappa shape index (κ1) is 14.7. The zero-order chi connectivity index (χ0) is 13.5. The Morgan fingerprint density at radius 3 is 2.61 bits per heavy atom.